The minimum absolute atomic E-state index is 0.0887. The number of benzene rings is 2. The van der Waals surface area contributed by atoms with Crippen molar-refractivity contribution in [3.63, 3.8) is 0 Å². The third-order valence-corrected chi connectivity index (χ3v) is 2.76. The molecule has 0 bridgehead atoms. The van der Waals surface area contributed by atoms with Crippen LogP contribution in [0.3, 0.4) is 0 Å². The summed E-state index contributed by atoms with van der Waals surface area (Å²) in [6.45, 7) is -0.196. The molecule has 0 aliphatic carbocycles. The normalized spacial score (nSPS) is 10.4. The second-order valence-electron chi connectivity index (χ2n) is 4.29. The van der Waals surface area contributed by atoms with Gasteiger partial charge in [-0.2, -0.15) is 5.10 Å². The van der Waals surface area contributed by atoms with Gasteiger partial charge in [-0.3, -0.25) is 4.79 Å². The zero-order valence-corrected chi connectivity index (χ0v) is 12.0. The molecule has 6 nitrogen and oxygen atoms in total. The minimum Gasteiger partial charge on any atom is -0.507 e. The van der Waals surface area contributed by atoms with E-state index < -0.39 is 5.91 Å². The largest absolute Gasteiger partial charge is 0.507 e. The lowest BCUT2D eigenvalue weighted by molar-refractivity contribution is -0.123. The lowest BCUT2D eigenvalue weighted by atomic mass is 10.2. The zero-order valence-electron chi connectivity index (χ0n) is 12.0. The van der Waals surface area contributed by atoms with E-state index >= 15 is 0 Å². The van der Waals surface area contributed by atoms with Crippen LogP contribution in [0.2, 0.25) is 0 Å². The van der Waals surface area contributed by atoms with Crippen molar-refractivity contribution in [1.29, 1.82) is 0 Å². The summed E-state index contributed by atoms with van der Waals surface area (Å²) in [6, 6.07) is 13.7. The van der Waals surface area contributed by atoms with Gasteiger partial charge in [0.1, 0.15) is 5.75 Å². The molecule has 0 saturated carbocycles. The first-order chi connectivity index (χ1) is 10.7. The van der Waals surface area contributed by atoms with Crippen LogP contribution in [0.4, 0.5) is 0 Å². The number of rotatable bonds is 6. The summed E-state index contributed by atoms with van der Waals surface area (Å²) < 4.78 is 10.5. The predicted octanol–water partition coefficient (Wildman–Crippen LogP) is 1.93. The highest BCUT2D eigenvalue weighted by Gasteiger charge is 2.06. The van der Waals surface area contributed by atoms with Crippen molar-refractivity contribution in [3.05, 3.63) is 54.1 Å². The van der Waals surface area contributed by atoms with Crippen LogP contribution in [0, 0.1) is 0 Å². The summed E-state index contributed by atoms with van der Waals surface area (Å²) in [7, 11) is 1.53. The minimum atomic E-state index is -0.419. The summed E-state index contributed by atoms with van der Waals surface area (Å²) in [4.78, 5) is 11.6. The Balaban J connectivity index is 1.85. The van der Waals surface area contributed by atoms with Gasteiger partial charge in [-0.1, -0.05) is 24.3 Å². The Bertz CT molecular complexity index is 671. The smallest absolute Gasteiger partial charge is 0.277 e. The van der Waals surface area contributed by atoms with E-state index in [1.54, 1.807) is 36.4 Å². The van der Waals surface area contributed by atoms with Crippen molar-refractivity contribution in [3.8, 4) is 17.2 Å². The van der Waals surface area contributed by atoms with Gasteiger partial charge in [0.25, 0.3) is 5.91 Å². The number of hydrazone groups is 1. The number of hydrogen-bond acceptors (Lipinski definition) is 5. The molecular formula is C16H16N2O4. The number of carbonyl (C=O) groups is 1. The summed E-state index contributed by atoms with van der Waals surface area (Å²) >= 11 is 0. The van der Waals surface area contributed by atoms with E-state index in [-0.39, 0.29) is 12.4 Å². The van der Waals surface area contributed by atoms with E-state index in [4.69, 9.17) is 9.47 Å². The molecule has 2 N–H and O–H groups in total. The van der Waals surface area contributed by atoms with E-state index in [1.807, 2.05) is 6.07 Å². The monoisotopic (exact) mass is 300 g/mol. The van der Waals surface area contributed by atoms with Gasteiger partial charge < -0.3 is 14.6 Å². The fraction of sp³-hybridized carbons (Fsp3) is 0.125. The number of hydrogen-bond donors (Lipinski definition) is 2. The van der Waals surface area contributed by atoms with Gasteiger partial charge >= 0.3 is 0 Å². The molecule has 2 aromatic rings. The van der Waals surface area contributed by atoms with Crippen molar-refractivity contribution >= 4 is 12.1 Å². The molecule has 2 aromatic carbocycles. The molecular weight excluding hydrogens is 284 g/mol. The average Bonchev–Trinajstić information content (AvgIpc) is 2.55. The van der Waals surface area contributed by atoms with Crippen LogP contribution in [0.25, 0.3) is 0 Å². The predicted molar refractivity (Wildman–Crippen MR) is 82.3 cm³/mol. The molecule has 0 aromatic heterocycles. The van der Waals surface area contributed by atoms with Crippen LogP contribution in [-0.4, -0.2) is 30.9 Å². The lowest BCUT2D eigenvalue weighted by Gasteiger charge is -2.09. The third kappa shape index (κ3) is 4.24. The van der Waals surface area contributed by atoms with Crippen molar-refractivity contribution in [2.24, 2.45) is 5.10 Å². The van der Waals surface area contributed by atoms with Crippen molar-refractivity contribution in [2.45, 2.75) is 0 Å². The van der Waals surface area contributed by atoms with E-state index in [0.29, 0.717) is 17.1 Å². The first-order valence-corrected chi connectivity index (χ1v) is 6.56. The van der Waals surface area contributed by atoms with E-state index in [9.17, 15) is 9.90 Å². The number of amides is 1. The number of carbonyl (C=O) groups excluding carboxylic acids is 1. The third-order valence-electron chi connectivity index (χ3n) is 2.76. The Labute approximate surface area is 128 Å². The second-order valence-corrected chi connectivity index (χ2v) is 4.29. The molecule has 1 amide bonds. The first kappa shape index (κ1) is 15.4. The van der Waals surface area contributed by atoms with E-state index in [0.717, 1.165) is 0 Å². The van der Waals surface area contributed by atoms with Crippen LogP contribution in [0.5, 0.6) is 17.2 Å². The Morgan fingerprint density at radius 1 is 1.18 bits per heavy atom. The lowest BCUT2D eigenvalue weighted by Crippen LogP contribution is -2.24. The molecule has 22 heavy (non-hydrogen) atoms. The molecule has 0 unspecified atom stereocenters. The van der Waals surface area contributed by atoms with Crippen LogP contribution in [-0.2, 0) is 4.79 Å². The van der Waals surface area contributed by atoms with E-state index in [1.165, 1.54) is 19.4 Å². The average molecular weight is 300 g/mol. The Hall–Kier alpha value is -3.02. The maximum absolute atomic E-state index is 11.6. The van der Waals surface area contributed by atoms with Gasteiger partial charge in [-0.15, -0.1) is 0 Å². The number of nitrogens with zero attached hydrogens (tertiary/aromatic N) is 1. The van der Waals surface area contributed by atoms with Crippen LogP contribution in [0.15, 0.2) is 53.6 Å². The molecule has 114 valence electrons. The maximum atomic E-state index is 11.6. The molecule has 0 fully saturated rings. The molecule has 0 spiro atoms. The van der Waals surface area contributed by atoms with Gasteiger partial charge in [-0.05, 0) is 24.3 Å². The van der Waals surface area contributed by atoms with Crippen molar-refractivity contribution in [2.75, 3.05) is 13.7 Å². The topological polar surface area (TPSA) is 80.2 Å². The number of phenolic OH excluding ortho intramolecular Hbond substituents is 1. The summed E-state index contributed by atoms with van der Waals surface area (Å²) in [5.74, 6) is 0.696. The number of aromatic hydroxyl groups is 1. The van der Waals surface area contributed by atoms with Gasteiger partial charge in [0.15, 0.2) is 18.1 Å². The standard InChI is InChI=1S/C16H16N2O4/c1-21-14-8-4-5-9-15(14)22-11-16(20)18-17-10-12-6-2-3-7-13(12)19/h2-10,19H,11H2,1H3,(H,18,20)/b17-10-. The molecule has 0 radical (unpaired) electrons. The fourth-order valence-electron chi connectivity index (χ4n) is 1.68. The number of methoxy groups -OCH3 is 1. The summed E-state index contributed by atoms with van der Waals surface area (Å²) in [5.41, 5.74) is 2.83. The highest BCUT2D eigenvalue weighted by molar-refractivity contribution is 5.85. The Morgan fingerprint density at radius 3 is 2.59 bits per heavy atom. The first-order valence-electron chi connectivity index (χ1n) is 6.56. The summed E-state index contributed by atoms with van der Waals surface area (Å²) in [6.07, 6.45) is 1.36. The van der Waals surface area contributed by atoms with Crippen LogP contribution in [0.1, 0.15) is 5.56 Å². The van der Waals surface area contributed by atoms with Crippen molar-refractivity contribution in [1.82, 2.24) is 5.43 Å². The summed E-state index contributed by atoms with van der Waals surface area (Å²) in [5, 5.41) is 13.3. The number of para-hydroxylation sites is 3. The maximum Gasteiger partial charge on any atom is 0.277 e. The quantitative estimate of drug-likeness (QED) is 0.631. The molecule has 0 atom stereocenters. The van der Waals surface area contributed by atoms with E-state index in [2.05, 4.69) is 10.5 Å². The highest BCUT2D eigenvalue weighted by atomic mass is 16.5. The number of phenols is 1. The van der Waals surface area contributed by atoms with Crippen LogP contribution >= 0.6 is 0 Å². The molecule has 6 heteroatoms. The van der Waals surface area contributed by atoms with Gasteiger partial charge in [-0.25, -0.2) is 5.43 Å². The Morgan fingerprint density at radius 2 is 1.86 bits per heavy atom. The number of nitrogens with one attached hydrogen (secondary N) is 1. The SMILES string of the molecule is COc1ccccc1OCC(=O)N/N=C\c1ccccc1O. The zero-order chi connectivity index (χ0) is 15.8. The molecule has 2 rings (SSSR count). The highest BCUT2D eigenvalue weighted by Crippen LogP contribution is 2.25. The fourth-order valence-corrected chi connectivity index (χ4v) is 1.68. The number of ether oxygens (including phenoxy) is 2. The molecule has 0 aliphatic rings. The molecule has 0 aliphatic heterocycles. The van der Waals surface area contributed by atoms with Gasteiger partial charge in [0.2, 0.25) is 0 Å². The van der Waals surface area contributed by atoms with Crippen molar-refractivity contribution < 1.29 is 19.4 Å². The molecule has 0 saturated heterocycles. The molecule has 0 heterocycles. The van der Waals surface area contributed by atoms with Crippen LogP contribution < -0.4 is 14.9 Å². The van der Waals surface area contributed by atoms with Gasteiger partial charge in [0.05, 0.1) is 13.3 Å². The van der Waals surface area contributed by atoms with Gasteiger partial charge in [0, 0.05) is 5.56 Å². The Kier molecular flexibility index (Phi) is 5.37. The second kappa shape index (κ2) is 7.68.